The zero-order valence-electron chi connectivity index (χ0n) is 15.0. The molecule has 2 atom stereocenters. The zero-order valence-corrected chi connectivity index (χ0v) is 15.0. The molecule has 7 nitrogen and oxygen atoms in total. The van der Waals surface area contributed by atoms with Crippen LogP contribution in [0.5, 0.6) is 5.75 Å². The first-order valence-electron chi connectivity index (χ1n) is 8.45. The molecule has 7 heteroatoms. The second-order valence-electron chi connectivity index (χ2n) is 6.18. The van der Waals surface area contributed by atoms with Gasteiger partial charge in [-0.15, -0.1) is 0 Å². The molecule has 140 valence electrons. The third-order valence-electron chi connectivity index (χ3n) is 3.67. The van der Waals surface area contributed by atoms with Gasteiger partial charge >= 0.3 is 12.1 Å². The molecule has 0 aliphatic carbocycles. The van der Waals surface area contributed by atoms with Crippen molar-refractivity contribution in [3.63, 3.8) is 0 Å². The number of carbonyl (C=O) groups is 2. The summed E-state index contributed by atoms with van der Waals surface area (Å²) in [4.78, 5) is 23.1. The van der Waals surface area contributed by atoms with E-state index in [0.717, 1.165) is 11.3 Å². The van der Waals surface area contributed by atoms with Crippen LogP contribution in [0.25, 0.3) is 0 Å². The molecule has 1 amide bonds. The van der Waals surface area contributed by atoms with Gasteiger partial charge in [0.25, 0.3) is 0 Å². The van der Waals surface area contributed by atoms with Crippen molar-refractivity contribution in [3.8, 4) is 5.75 Å². The van der Waals surface area contributed by atoms with Gasteiger partial charge in [-0.05, 0) is 50.8 Å². The Morgan fingerprint density at radius 2 is 1.92 bits per heavy atom. The molecule has 0 fully saturated rings. The van der Waals surface area contributed by atoms with Crippen LogP contribution in [0.4, 0.5) is 4.79 Å². The number of nitrogens with two attached hydrogens (primary N) is 1. The smallest absolute Gasteiger partial charge is 0.408 e. The number of carbonyl (C=O) groups excluding carboxylic acids is 1. The Balaban J connectivity index is 2.56. The Morgan fingerprint density at radius 3 is 2.52 bits per heavy atom. The Bertz CT molecular complexity index is 562. The van der Waals surface area contributed by atoms with Gasteiger partial charge in [-0.3, -0.25) is 0 Å². The molecular weight excluding hydrogens is 324 g/mol. The van der Waals surface area contributed by atoms with Crippen molar-refractivity contribution in [2.45, 2.75) is 45.8 Å². The molecule has 0 aliphatic rings. The summed E-state index contributed by atoms with van der Waals surface area (Å²) in [6.07, 6.45) is 0.137. The summed E-state index contributed by atoms with van der Waals surface area (Å²) in [5, 5.41) is 11.7. The van der Waals surface area contributed by atoms with Gasteiger partial charge in [0.2, 0.25) is 0 Å². The molecule has 0 aliphatic heterocycles. The lowest BCUT2D eigenvalue weighted by Gasteiger charge is -2.22. The number of rotatable bonds is 10. The third-order valence-corrected chi connectivity index (χ3v) is 3.67. The molecule has 1 aromatic carbocycles. The molecule has 0 spiro atoms. The number of alkyl carbamates (subject to hydrolysis) is 1. The molecule has 0 bridgehead atoms. The molecule has 0 heterocycles. The van der Waals surface area contributed by atoms with E-state index in [1.165, 1.54) is 0 Å². The van der Waals surface area contributed by atoms with Gasteiger partial charge in [-0.1, -0.05) is 25.1 Å². The largest absolute Gasteiger partial charge is 0.493 e. The van der Waals surface area contributed by atoms with Crippen molar-refractivity contribution in [1.82, 2.24) is 5.32 Å². The lowest BCUT2D eigenvalue weighted by molar-refractivity contribution is -0.140. The van der Waals surface area contributed by atoms with Crippen LogP contribution >= 0.6 is 0 Å². The highest BCUT2D eigenvalue weighted by Crippen LogP contribution is 2.19. The van der Waals surface area contributed by atoms with Crippen LogP contribution in [-0.4, -0.2) is 42.5 Å². The number of aliphatic carboxylic acids is 1. The van der Waals surface area contributed by atoms with Gasteiger partial charge in [0.15, 0.2) is 0 Å². The number of para-hydroxylation sites is 1. The maximum atomic E-state index is 11.6. The molecule has 0 aromatic heterocycles. The lowest BCUT2D eigenvalue weighted by atomic mass is 9.99. The fourth-order valence-corrected chi connectivity index (χ4v) is 2.35. The maximum Gasteiger partial charge on any atom is 0.408 e. The van der Waals surface area contributed by atoms with Gasteiger partial charge in [0.05, 0.1) is 12.7 Å². The first-order chi connectivity index (χ1) is 11.8. The fourth-order valence-electron chi connectivity index (χ4n) is 2.35. The predicted octanol–water partition coefficient (Wildman–Crippen LogP) is 2.18. The summed E-state index contributed by atoms with van der Waals surface area (Å²) in [6.45, 7) is 6.02. The Hall–Kier alpha value is -2.28. The number of hydrogen-bond acceptors (Lipinski definition) is 5. The number of benzene rings is 1. The number of hydrogen-bond donors (Lipinski definition) is 3. The summed E-state index contributed by atoms with van der Waals surface area (Å²) in [7, 11) is 0. The number of amides is 1. The van der Waals surface area contributed by atoms with E-state index in [-0.39, 0.29) is 12.0 Å². The molecule has 25 heavy (non-hydrogen) atoms. The van der Waals surface area contributed by atoms with Gasteiger partial charge in [0.1, 0.15) is 11.8 Å². The van der Waals surface area contributed by atoms with Crippen molar-refractivity contribution in [3.05, 3.63) is 29.8 Å². The molecule has 0 saturated carbocycles. The average molecular weight is 352 g/mol. The summed E-state index contributed by atoms with van der Waals surface area (Å²) in [5.41, 5.74) is 6.61. The van der Waals surface area contributed by atoms with Gasteiger partial charge in [-0.25, -0.2) is 9.59 Å². The van der Waals surface area contributed by atoms with Crippen molar-refractivity contribution >= 4 is 12.1 Å². The van der Waals surface area contributed by atoms with Crippen LogP contribution in [0.15, 0.2) is 24.3 Å². The maximum absolute atomic E-state index is 11.6. The summed E-state index contributed by atoms with van der Waals surface area (Å²) in [6, 6.07) is 6.58. The number of carboxylic acids is 1. The van der Waals surface area contributed by atoms with Crippen LogP contribution < -0.4 is 15.8 Å². The predicted molar refractivity (Wildman–Crippen MR) is 94.7 cm³/mol. The van der Waals surface area contributed by atoms with Crippen LogP contribution in [0.2, 0.25) is 0 Å². The molecule has 4 N–H and O–H groups in total. The van der Waals surface area contributed by atoms with Crippen molar-refractivity contribution in [2.24, 2.45) is 11.7 Å². The number of nitrogens with one attached hydrogen (secondary N) is 1. The molecule has 1 rings (SSSR count). The van der Waals surface area contributed by atoms with E-state index in [1.54, 1.807) is 20.8 Å². The molecule has 0 saturated heterocycles. The van der Waals surface area contributed by atoms with E-state index in [2.05, 4.69) is 5.32 Å². The third kappa shape index (κ3) is 7.43. The van der Waals surface area contributed by atoms with E-state index in [4.69, 9.17) is 15.2 Å². The van der Waals surface area contributed by atoms with Crippen LogP contribution in [-0.2, 0) is 16.0 Å². The van der Waals surface area contributed by atoms with Gasteiger partial charge < -0.3 is 25.6 Å². The summed E-state index contributed by atoms with van der Waals surface area (Å²) >= 11 is 0. The first-order valence-corrected chi connectivity index (χ1v) is 8.45. The van der Waals surface area contributed by atoms with Crippen molar-refractivity contribution in [2.75, 3.05) is 13.2 Å². The summed E-state index contributed by atoms with van der Waals surface area (Å²) in [5.74, 6) is -0.671. The molecule has 1 aromatic rings. The lowest BCUT2D eigenvalue weighted by Crippen LogP contribution is -2.46. The SMILES string of the molecule is CC(C)OC(=O)N[C@H](C(=O)O)C(C)CCOc1ccccc1CCN. The highest BCUT2D eigenvalue weighted by molar-refractivity contribution is 5.80. The number of carboxylic acid groups (broad SMARTS) is 1. The van der Waals surface area contributed by atoms with E-state index in [0.29, 0.717) is 26.0 Å². The van der Waals surface area contributed by atoms with E-state index in [1.807, 2.05) is 24.3 Å². The van der Waals surface area contributed by atoms with Crippen LogP contribution in [0.1, 0.15) is 32.8 Å². The van der Waals surface area contributed by atoms with Crippen molar-refractivity contribution < 1.29 is 24.2 Å². The highest BCUT2D eigenvalue weighted by atomic mass is 16.6. The second kappa shape index (κ2) is 10.6. The van der Waals surface area contributed by atoms with E-state index >= 15 is 0 Å². The number of ether oxygens (including phenoxy) is 2. The quantitative estimate of drug-likeness (QED) is 0.595. The Labute approximate surface area is 148 Å². The average Bonchev–Trinajstić information content (AvgIpc) is 2.53. The normalized spacial score (nSPS) is 13.2. The van der Waals surface area contributed by atoms with Gasteiger partial charge in [0, 0.05) is 0 Å². The van der Waals surface area contributed by atoms with Gasteiger partial charge in [-0.2, -0.15) is 0 Å². The molecule has 1 unspecified atom stereocenters. The van der Waals surface area contributed by atoms with E-state index < -0.39 is 18.1 Å². The minimum atomic E-state index is -1.10. The summed E-state index contributed by atoms with van der Waals surface area (Å²) < 4.78 is 10.7. The first kappa shape index (κ1) is 20.8. The zero-order chi connectivity index (χ0) is 18.8. The monoisotopic (exact) mass is 352 g/mol. The minimum Gasteiger partial charge on any atom is -0.493 e. The minimum absolute atomic E-state index is 0.313. The van der Waals surface area contributed by atoms with Crippen LogP contribution in [0.3, 0.4) is 0 Å². The molecular formula is C18H28N2O5. The standard InChI is InChI=1S/C18H28N2O5/c1-12(2)25-18(23)20-16(17(21)22)13(3)9-11-24-15-7-5-4-6-14(15)8-10-19/h4-7,12-13,16H,8-11,19H2,1-3H3,(H,20,23)(H,21,22)/t13?,16-/m0/s1. The van der Waals surface area contributed by atoms with E-state index in [9.17, 15) is 14.7 Å². The fraction of sp³-hybridized carbons (Fsp3) is 0.556. The highest BCUT2D eigenvalue weighted by Gasteiger charge is 2.27. The molecule has 0 radical (unpaired) electrons. The second-order valence-corrected chi connectivity index (χ2v) is 6.18. The topological polar surface area (TPSA) is 111 Å². The Kier molecular flexibility index (Phi) is 8.77. The van der Waals surface area contributed by atoms with Crippen molar-refractivity contribution in [1.29, 1.82) is 0 Å². The van der Waals surface area contributed by atoms with Crippen LogP contribution in [0, 0.1) is 5.92 Å². The Morgan fingerprint density at radius 1 is 1.24 bits per heavy atom.